The molecule has 0 saturated heterocycles. The van der Waals surface area contributed by atoms with Gasteiger partial charge in [-0.3, -0.25) is 4.79 Å². The molecule has 0 bridgehead atoms. The lowest BCUT2D eigenvalue weighted by Crippen LogP contribution is -2.34. The normalized spacial score (nSPS) is 23.3. The number of ether oxygens (including phenoxy) is 1. The van der Waals surface area contributed by atoms with E-state index in [1.807, 2.05) is 65.0 Å². The number of esters is 1. The number of allylic oxidation sites excluding steroid dienone is 8. The van der Waals surface area contributed by atoms with Crippen LogP contribution in [-0.2, 0) is 19.1 Å². The number of aliphatic hydroxyl groups excluding tert-OH is 1. The molecule has 0 aromatic heterocycles. The average molecular weight is 527 g/mol. The first kappa shape index (κ1) is 33.0. The molecule has 0 spiro atoms. The summed E-state index contributed by atoms with van der Waals surface area (Å²) in [6.45, 7) is 15.3. The maximum Gasteiger partial charge on any atom is 0.331 e. The quantitative estimate of drug-likeness (QED) is 0.154. The van der Waals surface area contributed by atoms with Crippen LogP contribution in [0, 0.1) is 29.6 Å². The molecule has 0 aromatic rings. The summed E-state index contributed by atoms with van der Waals surface area (Å²) < 4.78 is 5.34. The van der Waals surface area contributed by atoms with E-state index in [2.05, 4.69) is 19.1 Å². The van der Waals surface area contributed by atoms with Crippen LogP contribution in [0.25, 0.3) is 0 Å². The van der Waals surface area contributed by atoms with Crippen LogP contribution in [0.15, 0.2) is 71.4 Å². The third kappa shape index (κ3) is 12.0. The molecule has 6 nitrogen and oxygen atoms in total. The van der Waals surface area contributed by atoms with Crippen molar-refractivity contribution in [3.05, 3.63) is 71.4 Å². The van der Waals surface area contributed by atoms with Crippen LogP contribution in [0.5, 0.6) is 0 Å². The molecular weight excluding hydrogens is 480 g/mol. The second kappa shape index (κ2) is 16.1. The van der Waals surface area contributed by atoms with E-state index in [-0.39, 0.29) is 35.6 Å². The van der Waals surface area contributed by atoms with Gasteiger partial charge in [0.2, 0.25) is 0 Å². The number of carboxylic acid groups (broad SMARTS) is 1. The van der Waals surface area contributed by atoms with Gasteiger partial charge in [0.05, 0.1) is 6.10 Å². The standard InChI is InChI=1S/C32H46O6/c1-20(16-22(3)12-14-28-24(5)13-15-30(35)38-28)10-9-11-21(2)17-25(6)31(36)27(8)32(37)26(7)18-23(4)19-29(33)34/h9,11-17,19-20,24-28,32,37H,10,18H2,1-8H3,(H,33,34)/t20-,24+,25-,26+,27-,28+,32-/m1/s1. The molecule has 1 heterocycles. The van der Waals surface area contributed by atoms with Gasteiger partial charge in [-0.25, -0.2) is 9.59 Å². The van der Waals surface area contributed by atoms with Crippen LogP contribution < -0.4 is 0 Å². The number of aliphatic hydroxyl groups is 1. The van der Waals surface area contributed by atoms with Crippen molar-refractivity contribution >= 4 is 17.7 Å². The lowest BCUT2D eigenvalue weighted by molar-refractivity contribution is -0.143. The predicted octanol–water partition coefficient (Wildman–Crippen LogP) is 6.39. The molecule has 0 amide bonds. The maximum absolute atomic E-state index is 12.9. The van der Waals surface area contributed by atoms with Crippen molar-refractivity contribution in [1.29, 1.82) is 0 Å². The molecule has 0 fully saturated rings. The van der Waals surface area contributed by atoms with Crippen LogP contribution >= 0.6 is 0 Å². The summed E-state index contributed by atoms with van der Waals surface area (Å²) in [6.07, 6.45) is 16.8. The van der Waals surface area contributed by atoms with Gasteiger partial charge in [0.1, 0.15) is 11.9 Å². The average Bonchev–Trinajstić information content (AvgIpc) is 2.82. The first-order valence-corrected chi connectivity index (χ1v) is 13.4. The molecule has 0 aliphatic carbocycles. The van der Waals surface area contributed by atoms with Gasteiger partial charge in [0.15, 0.2) is 0 Å². The first-order chi connectivity index (χ1) is 17.7. The lowest BCUT2D eigenvalue weighted by Gasteiger charge is -2.25. The molecule has 1 rings (SSSR count). The number of carboxylic acids is 1. The smallest absolute Gasteiger partial charge is 0.331 e. The van der Waals surface area contributed by atoms with Gasteiger partial charge >= 0.3 is 11.9 Å². The lowest BCUT2D eigenvalue weighted by atomic mass is 9.83. The Labute approximate surface area is 228 Å². The van der Waals surface area contributed by atoms with Crippen LogP contribution in [0.3, 0.4) is 0 Å². The molecule has 0 radical (unpaired) electrons. The van der Waals surface area contributed by atoms with Gasteiger partial charge in [0, 0.05) is 29.9 Å². The highest BCUT2D eigenvalue weighted by atomic mass is 16.5. The van der Waals surface area contributed by atoms with E-state index in [1.54, 1.807) is 13.8 Å². The van der Waals surface area contributed by atoms with Crippen molar-refractivity contribution in [1.82, 2.24) is 0 Å². The number of cyclic esters (lactones) is 1. The summed E-state index contributed by atoms with van der Waals surface area (Å²) >= 11 is 0. The zero-order valence-corrected chi connectivity index (χ0v) is 24.2. The number of hydrogen-bond donors (Lipinski definition) is 2. The molecule has 0 unspecified atom stereocenters. The maximum atomic E-state index is 12.9. The summed E-state index contributed by atoms with van der Waals surface area (Å²) in [6, 6.07) is 0. The van der Waals surface area contributed by atoms with Crippen molar-refractivity contribution < 1.29 is 29.3 Å². The second-order valence-electron chi connectivity index (χ2n) is 10.9. The Bertz CT molecular complexity index is 1010. The largest absolute Gasteiger partial charge is 0.478 e. The molecule has 7 atom stereocenters. The van der Waals surface area contributed by atoms with E-state index in [4.69, 9.17) is 9.84 Å². The zero-order chi connectivity index (χ0) is 29.0. The third-order valence-corrected chi connectivity index (χ3v) is 6.81. The molecule has 2 N–H and O–H groups in total. The van der Waals surface area contributed by atoms with Crippen LogP contribution in [0.1, 0.15) is 68.2 Å². The fourth-order valence-corrected chi connectivity index (χ4v) is 4.63. The summed E-state index contributed by atoms with van der Waals surface area (Å²) in [5.41, 5.74) is 2.75. The summed E-state index contributed by atoms with van der Waals surface area (Å²) in [5.74, 6) is -2.02. The van der Waals surface area contributed by atoms with Crippen molar-refractivity contribution in [3.8, 4) is 0 Å². The number of rotatable bonds is 14. The van der Waals surface area contributed by atoms with E-state index in [0.717, 1.165) is 23.6 Å². The molecule has 0 saturated carbocycles. The molecule has 1 aliphatic rings. The molecular formula is C32H46O6. The zero-order valence-electron chi connectivity index (χ0n) is 24.2. The number of ketones is 1. The topological polar surface area (TPSA) is 101 Å². The molecule has 0 aromatic carbocycles. The van der Waals surface area contributed by atoms with Gasteiger partial charge in [-0.2, -0.15) is 0 Å². The van der Waals surface area contributed by atoms with Crippen molar-refractivity contribution in [2.75, 3.05) is 0 Å². The van der Waals surface area contributed by atoms with Crippen molar-refractivity contribution in [2.45, 2.75) is 80.4 Å². The van der Waals surface area contributed by atoms with Crippen molar-refractivity contribution in [3.63, 3.8) is 0 Å². The van der Waals surface area contributed by atoms with E-state index in [0.29, 0.717) is 17.9 Å². The molecule has 6 heteroatoms. The van der Waals surface area contributed by atoms with Gasteiger partial charge < -0.3 is 14.9 Å². The van der Waals surface area contributed by atoms with Crippen molar-refractivity contribution in [2.24, 2.45) is 29.6 Å². The molecule has 1 aliphatic heterocycles. The highest BCUT2D eigenvalue weighted by Crippen LogP contribution is 2.24. The Morgan fingerprint density at radius 2 is 1.68 bits per heavy atom. The number of carbonyl (C=O) groups is 3. The van der Waals surface area contributed by atoms with Gasteiger partial charge in [0.25, 0.3) is 0 Å². The second-order valence-corrected chi connectivity index (χ2v) is 10.9. The minimum Gasteiger partial charge on any atom is -0.478 e. The Balaban J connectivity index is 2.63. The fraction of sp³-hybridized carbons (Fsp3) is 0.531. The monoisotopic (exact) mass is 526 g/mol. The number of hydrogen-bond acceptors (Lipinski definition) is 5. The minimum atomic E-state index is -1.01. The summed E-state index contributed by atoms with van der Waals surface area (Å²) in [4.78, 5) is 35.2. The number of carbonyl (C=O) groups excluding carboxylic acids is 2. The third-order valence-electron chi connectivity index (χ3n) is 6.81. The highest BCUT2D eigenvalue weighted by Gasteiger charge is 2.29. The van der Waals surface area contributed by atoms with Gasteiger partial charge in [-0.15, -0.1) is 0 Å². The Kier molecular flexibility index (Phi) is 14.0. The predicted molar refractivity (Wildman–Crippen MR) is 152 cm³/mol. The molecule has 210 valence electrons. The van der Waals surface area contributed by atoms with Crippen LogP contribution in [-0.4, -0.2) is 40.1 Å². The summed E-state index contributed by atoms with van der Waals surface area (Å²) in [7, 11) is 0. The van der Waals surface area contributed by atoms with Crippen LogP contribution in [0.4, 0.5) is 0 Å². The van der Waals surface area contributed by atoms with Gasteiger partial charge in [-0.05, 0) is 51.5 Å². The fourth-order valence-electron chi connectivity index (χ4n) is 4.63. The van der Waals surface area contributed by atoms with Crippen LogP contribution in [0.2, 0.25) is 0 Å². The van der Waals surface area contributed by atoms with E-state index in [9.17, 15) is 19.5 Å². The Morgan fingerprint density at radius 3 is 2.32 bits per heavy atom. The number of aliphatic carboxylic acids is 1. The number of Topliss-reactive ketones (excluding diaryl/α,β-unsaturated/α-hetero) is 1. The Morgan fingerprint density at radius 1 is 1.05 bits per heavy atom. The highest BCUT2D eigenvalue weighted by molar-refractivity contribution is 5.85. The van der Waals surface area contributed by atoms with E-state index >= 15 is 0 Å². The van der Waals surface area contributed by atoms with Gasteiger partial charge in [-0.1, -0.05) is 87.8 Å². The minimum absolute atomic E-state index is 0.0378. The molecule has 38 heavy (non-hydrogen) atoms. The van der Waals surface area contributed by atoms with E-state index in [1.165, 1.54) is 6.08 Å². The Hall–Kier alpha value is -2.99. The first-order valence-electron chi connectivity index (χ1n) is 13.4. The summed E-state index contributed by atoms with van der Waals surface area (Å²) in [5, 5.41) is 19.5. The SMILES string of the molecule is CC(C=CC[C@@H](C)C=C(C)C=C[C@@H]1OC(=O)C=C[C@@H]1C)=C[C@@H](C)C(=O)[C@@H](C)[C@H](O)[C@@H](C)CC(C)=CC(=O)O. The van der Waals surface area contributed by atoms with E-state index < -0.39 is 18.0 Å².